The molecular formula is C34H58ClN5O7. The Bertz CT molecular complexity index is 1180. The summed E-state index contributed by atoms with van der Waals surface area (Å²) in [4.78, 5) is 65.3. The van der Waals surface area contributed by atoms with Gasteiger partial charge in [-0.3, -0.25) is 24.0 Å². The number of hydrogen-bond acceptors (Lipinski definition) is 7. The maximum Gasteiger partial charge on any atom is 0.251 e. The first-order chi connectivity index (χ1) is 21.6. The number of aliphatic hydroxyl groups is 1. The van der Waals surface area contributed by atoms with Crippen molar-refractivity contribution in [2.75, 3.05) is 6.54 Å². The molecule has 0 radical (unpaired) electrons. The number of benzene rings is 1. The van der Waals surface area contributed by atoms with Crippen LogP contribution in [0, 0.1) is 17.8 Å². The molecule has 0 unspecified atom stereocenters. The maximum absolute atomic E-state index is 13.5. The summed E-state index contributed by atoms with van der Waals surface area (Å²) in [5, 5.41) is 34.5. The van der Waals surface area contributed by atoms with Gasteiger partial charge in [0.1, 0.15) is 23.9 Å². The van der Waals surface area contributed by atoms with Gasteiger partial charge in [-0.25, -0.2) is 0 Å². The number of nitrogens with one attached hydrogen (secondary N) is 5. The van der Waals surface area contributed by atoms with Crippen LogP contribution in [0.15, 0.2) is 18.2 Å². The van der Waals surface area contributed by atoms with E-state index in [1.54, 1.807) is 27.7 Å². The highest BCUT2D eigenvalue weighted by Crippen LogP contribution is 2.24. The van der Waals surface area contributed by atoms with Gasteiger partial charge in [0.05, 0.1) is 23.6 Å². The highest BCUT2D eigenvalue weighted by Gasteiger charge is 2.33. The summed E-state index contributed by atoms with van der Waals surface area (Å²) < 4.78 is 0. The van der Waals surface area contributed by atoms with E-state index in [9.17, 15) is 34.2 Å². The molecule has 0 aliphatic rings. The third kappa shape index (κ3) is 14.5. The minimum atomic E-state index is -1.25. The first-order valence-corrected chi connectivity index (χ1v) is 16.6. The highest BCUT2D eigenvalue weighted by molar-refractivity contribution is 6.32. The number of carbonyl (C=O) groups excluding carboxylic acids is 5. The standard InChI is InChI=1S/C33H54ClN5O7.CH4/c1-9-12-23(36-33(46)29(20(8)10-2)39-30(43)21-13-14-25(40)22(34)16-21)31(44)37-24(15-18(4)5)26(41)17-27(42)38-28(19(6)7)32(45)35-11-3;/h13-14,16,18-20,23-24,26,28-29,40-41H,9-12,15,17H2,1-8H3,(H,35,45)(H,36,46)(H,37,44)(H,38,42)(H,39,43);1H4/t20-,23-,24-,26-,28-,29-;/m0./s1. The van der Waals surface area contributed by atoms with Gasteiger partial charge in [-0.05, 0) is 55.7 Å². The van der Waals surface area contributed by atoms with Gasteiger partial charge in [0, 0.05) is 12.1 Å². The molecular weight excluding hydrogens is 626 g/mol. The second kappa shape index (κ2) is 21.5. The molecule has 0 bridgehead atoms. The van der Waals surface area contributed by atoms with E-state index >= 15 is 0 Å². The van der Waals surface area contributed by atoms with E-state index in [0.29, 0.717) is 32.2 Å². The summed E-state index contributed by atoms with van der Waals surface area (Å²) in [6.07, 6.45) is 0.171. The fraction of sp³-hybridized carbons (Fsp3) is 0.676. The van der Waals surface area contributed by atoms with Crippen LogP contribution in [0.2, 0.25) is 5.02 Å². The lowest BCUT2D eigenvalue weighted by Gasteiger charge is -2.30. The van der Waals surface area contributed by atoms with Crippen LogP contribution in [-0.4, -0.2) is 76.6 Å². The van der Waals surface area contributed by atoms with E-state index in [-0.39, 0.29) is 53.8 Å². The maximum atomic E-state index is 13.5. The fourth-order valence-electron chi connectivity index (χ4n) is 4.88. The van der Waals surface area contributed by atoms with Gasteiger partial charge < -0.3 is 36.8 Å². The number of halogens is 1. The van der Waals surface area contributed by atoms with Gasteiger partial charge in [0.2, 0.25) is 23.6 Å². The minimum Gasteiger partial charge on any atom is -0.506 e. The Hall–Kier alpha value is -3.38. The molecule has 13 heteroatoms. The predicted octanol–water partition coefficient (Wildman–Crippen LogP) is 3.67. The third-order valence-corrected chi connectivity index (χ3v) is 8.03. The van der Waals surface area contributed by atoms with Crippen LogP contribution in [0.1, 0.15) is 105 Å². The average molecular weight is 684 g/mol. The number of phenolic OH excluding ortho intramolecular Hbond substituents is 1. The number of carbonyl (C=O) groups is 5. The smallest absolute Gasteiger partial charge is 0.251 e. The van der Waals surface area contributed by atoms with Crippen molar-refractivity contribution in [3.8, 4) is 5.75 Å². The molecule has 0 saturated heterocycles. The molecule has 0 fully saturated rings. The zero-order valence-corrected chi connectivity index (χ0v) is 29.2. The largest absolute Gasteiger partial charge is 0.506 e. The molecule has 0 saturated carbocycles. The molecule has 7 N–H and O–H groups in total. The zero-order valence-electron chi connectivity index (χ0n) is 28.4. The van der Waals surface area contributed by atoms with Crippen molar-refractivity contribution >= 4 is 41.1 Å². The van der Waals surface area contributed by atoms with Gasteiger partial charge in [0.15, 0.2) is 0 Å². The summed E-state index contributed by atoms with van der Waals surface area (Å²) in [5.74, 6) is -3.07. The number of aliphatic hydroxyl groups excluding tert-OH is 1. The van der Waals surface area contributed by atoms with E-state index in [0.717, 1.165) is 0 Å². The Morgan fingerprint density at radius 3 is 2.00 bits per heavy atom. The van der Waals surface area contributed by atoms with E-state index in [1.807, 2.05) is 27.7 Å². The molecule has 268 valence electrons. The summed E-state index contributed by atoms with van der Waals surface area (Å²) in [6.45, 7) is 15.2. The molecule has 12 nitrogen and oxygen atoms in total. The second-order valence-corrected chi connectivity index (χ2v) is 13.0. The van der Waals surface area contributed by atoms with Gasteiger partial charge in [0.25, 0.3) is 5.91 Å². The van der Waals surface area contributed by atoms with E-state index < -0.39 is 53.9 Å². The molecule has 6 atom stereocenters. The lowest BCUT2D eigenvalue weighted by atomic mass is 9.95. The van der Waals surface area contributed by atoms with Gasteiger partial charge >= 0.3 is 0 Å². The van der Waals surface area contributed by atoms with Crippen LogP contribution in [0.4, 0.5) is 0 Å². The van der Waals surface area contributed by atoms with Gasteiger partial charge in [-0.1, -0.05) is 80.3 Å². The molecule has 1 aromatic rings. The normalized spacial score (nSPS) is 14.9. The van der Waals surface area contributed by atoms with Crippen molar-refractivity contribution in [2.45, 2.75) is 125 Å². The summed E-state index contributed by atoms with van der Waals surface area (Å²) >= 11 is 5.96. The minimum absolute atomic E-state index is 0. The molecule has 47 heavy (non-hydrogen) atoms. The van der Waals surface area contributed by atoms with Gasteiger partial charge in [-0.15, -0.1) is 0 Å². The number of rotatable bonds is 19. The van der Waals surface area contributed by atoms with Crippen molar-refractivity contribution in [2.24, 2.45) is 17.8 Å². The number of likely N-dealkylation sites (N-methyl/N-ethyl adjacent to an activating group) is 1. The molecule has 5 amide bonds. The molecule has 1 aromatic carbocycles. The van der Waals surface area contributed by atoms with Crippen molar-refractivity contribution in [1.29, 1.82) is 0 Å². The van der Waals surface area contributed by atoms with Crippen LogP contribution < -0.4 is 26.6 Å². The summed E-state index contributed by atoms with van der Waals surface area (Å²) in [7, 11) is 0. The topological polar surface area (TPSA) is 186 Å². The Balaban J connectivity index is 0.0000212. The molecule has 0 aliphatic heterocycles. The second-order valence-electron chi connectivity index (χ2n) is 12.6. The number of aromatic hydroxyl groups is 1. The van der Waals surface area contributed by atoms with E-state index in [4.69, 9.17) is 11.6 Å². The number of hydrogen-bond donors (Lipinski definition) is 7. The van der Waals surface area contributed by atoms with Crippen molar-refractivity contribution < 1.29 is 34.2 Å². The Morgan fingerprint density at radius 2 is 1.49 bits per heavy atom. The molecule has 0 aromatic heterocycles. The van der Waals surface area contributed by atoms with Crippen LogP contribution in [-0.2, 0) is 19.2 Å². The van der Waals surface area contributed by atoms with Gasteiger partial charge in [-0.2, -0.15) is 0 Å². The fourth-order valence-corrected chi connectivity index (χ4v) is 5.06. The Labute approximate surface area is 285 Å². The molecule has 0 heterocycles. The number of amides is 5. The summed E-state index contributed by atoms with van der Waals surface area (Å²) in [6, 6.07) is 0.453. The Kier molecular flexibility index (Phi) is 19.9. The molecule has 0 spiro atoms. The quantitative estimate of drug-likeness (QED) is 0.116. The highest BCUT2D eigenvalue weighted by atomic mass is 35.5. The predicted molar refractivity (Wildman–Crippen MR) is 185 cm³/mol. The van der Waals surface area contributed by atoms with Crippen molar-refractivity contribution in [1.82, 2.24) is 26.6 Å². The Morgan fingerprint density at radius 1 is 0.851 bits per heavy atom. The van der Waals surface area contributed by atoms with Crippen LogP contribution in [0.5, 0.6) is 5.75 Å². The van der Waals surface area contributed by atoms with Crippen LogP contribution in [0.3, 0.4) is 0 Å². The SMILES string of the molecule is C.CCC[C@H](NC(=O)[C@@H](NC(=O)c1ccc(O)c(Cl)c1)[C@@H](C)CC)C(=O)N[C@@H](CC(C)C)[C@@H](O)CC(=O)N[C@H](C(=O)NCC)C(C)C. The zero-order chi connectivity index (χ0) is 35.1. The van der Waals surface area contributed by atoms with Crippen molar-refractivity contribution in [3.63, 3.8) is 0 Å². The monoisotopic (exact) mass is 683 g/mol. The van der Waals surface area contributed by atoms with Crippen LogP contribution >= 0.6 is 11.6 Å². The number of phenols is 1. The first kappa shape index (κ1) is 43.6. The summed E-state index contributed by atoms with van der Waals surface area (Å²) in [5.41, 5.74) is 0.159. The molecule has 1 rings (SSSR count). The lowest BCUT2D eigenvalue weighted by molar-refractivity contribution is -0.133. The lowest BCUT2D eigenvalue weighted by Crippen LogP contribution is -2.58. The third-order valence-electron chi connectivity index (χ3n) is 7.73. The molecule has 0 aliphatic carbocycles. The van der Waals surface area contributed by atoms with Crippen molar-refractivity contribution in [3.05, 3.63) is 28.8 Å². The first-order valence-electron chi connectivity index (χ1n) is 16.2. The van der Waals surface area contributed by atoms with Crippen LogP contribution in [0.25, 0.3) is 0 Å². The average Bonchev–Trinajstić information content (AvgIpc) is 2.98. The van der Waals surface area contributed by atoms with E-state index in [1.165, 1.54) is 18.2 Å². The van der Waals surface area contributed by atoms with E-state index in [2.05, 4.69) is 26.6 Å².